The predicted molar refractivity (Wildman–Crippen MR) is 60.2 cm³/mol. The van der Waals surface area contributed by atoms with Gasteiger partial charge in [0.2, 0.25) is 0 Å². The summed E-state index contributed by atoms with van der Waals surface area (Å²) in [5.74, 6) is 0.524. The quantitative estimate of drug-likeness (QED) is 0.863. The van der Waals surface area contributed by atoms with Gasteiger partial charge in [0.1, 0.15) is 5.75 Å². The van der Waals surface area contributed by atoms with Crippen molar-refractivity contribution in [3.63, 3.8) is 0 Å². The summed E-state index contributed by atoms with van der Waals surface area (Å²) >= 11 is 0. The fraction of sp³-hybridized carbons (Fsp3) is 0.500. The monoisotopic (exact) mass is 247 g/mol. The second-order valence-electron chi connectivity index (χ2n) is 3.61. The van der Waals surface area contributed by atoms with E-state index in [4.69, 9.17) is 4.74 Å². The maximum atomic E-state index is 12.6. The van der Waals surface area contributed by atoms with E-state index in [9.17, 15) is 13.2 Å². The largest absolute Gasteiger partial charge is 0.494 e. The summed E-state index contributed by atoms with van der Waals surface area (Å²) in [6.07, 6.45) is -3.80. The van der Waals surface area contributed by atoms with Crippen LogP contribution in [0.25, 0.3) is 0 Å². The molecule has 1 rings (SSSR count). The van der Waals surface area contributed by atoms with Crippen LogP contribution in [0.2, 0.25) is 0 Å². The van der Waals surface area contributed by atoms with Gasteiger partial charge < -0.3 is 10.1 Å². The van der Waals surface area contributed by atoms with E-state index in [1.165, 1.54) is 6.07 Å². The first kappa shape index (κ1) is 13.8. The minimum absolute atomic E-state index is 0.442. The molecule has 0 aliphatic carbocycles. The number of likely N-dealkylation sites (N-methyl/N-ethyl adjacent to an activating group) is 1. The summed E-state index contributed by atoms with van der Waals surface area (Å²) in [5, 5.41) is 2.91. The maximum Gasteiger partial charge on any atom is 0.416 e. The highest BCUT2D eigenvalue weighted by molar-refractivity contribution is 5.38. The second-order valence-corrected chi connectivity index (χ2v) is 3.61. The molecule has 1 aromatic rings. The molecule has 0 fully saturated rings. The molecule has 0 unspecified atom stereocenters. The van der Waals surface area contributed by atoms with Gasteiger partial charge in [0.05, 0.1) is 12.2 Å². The molecule has 0 amide bonds. The Bertz CT molecular complexity index is 363. The van der Waals surface area contributed by atoms with Gasteiger partial charge in [-0.1, -0.05) is 0 Å². The Morgan fingerprint density at radius 2 is 2.00 bits per heavy atom. The van der Waals surface area contributed by atoms with Crippen molar-refractivity contribution >= 4 is 0 Å². The maximum absolute atomic E-state index is 12.6. The van der Waals surface area contributed by atoms with Gasteiger partial charge in [-0.25, -0.2) is 0 Å². The molecule has 5 heteroatoms. The summed E-state index contributed by atoms with van der Waals surface area (Å²) in [5.41, 5.74) is -0.0527. The van der Waals surface area contributed by atoms with Crippen molar-refractivity contribution in [1.29, 1.82) is 0 Å². The highest BCUT2D eigenvalue weighted by atomic mass is 19.4. The predicted octanol–water partition coefficient (Wildman–Crippen LogP) is 2.87. The first-order chi connectivity index (χ1) is 7.99. The van der Waals surface area contributed by atoms with Gasteiger partial charge in [-0.05, 0) is 50.7 Å². The van der Waals surface area contributed by atoms with Crippen molar-refractivity contribution in [2.45, 2.75) is 19.5 Å². The molecule has 0 aliphatic rings. The number of hydrogen-bond acceptors (Lipinski definition) is 2. The van der Waals surface area contributed by atoms with Gasteiger partial charge in [0.25, 0.3) is 0 Å². The van der Waals surface area contributed by atoms with Crippen LogP contribution in [0.15, 0.2) is 18.2 Å². The summed E-state index contributed by atoms with van der Waals surface area (Å²) in [6, 6.07) is 3.59. The number of rotatable bonds is 5. The minimum Gasteiger partial charge on any atom is -0.494 e. The third-order valence-electron chi connectivity index (χ3n) is 2.33. The fourth-order valence-corrected chi connectivity index (χ4v) is 1.51. The molecule has 0 bridgehead atoms. The van der Waals surface area contributed by atoms with Crippen LogP contribution in [0.3, 0.4) is 0 Å². The van der Waals surface area contributed by atoms with Gasteiger partial charge >= 0.3 is 6.18 Å². The smallest absolute Gasteiger partial charge is 0.416 e. The zero-order chi connectivity index (χ0) is 12.9. The second kappa shape index (κ2) is 5.91. The molecule has 0 spiro atoms. The highest BCUT2D eigenvalue weighted by Gasteiger charge is 2.31. The lowest BCUT2D eigenvalue weighted by molar-refractivity contribution is -0.137. The molecule has 96 valence electrons. The standard InChI is InChI=1S/C12H16F3NO/c1-3-17-11-5-4-10(12(13,14)15)8-9(11)6-7-16-2/h4-5,8,16H,3,6-7H2,1-2H3. The molecule has 2 nitrogen and oxygen atoms in total. The molecule has 0 saturated carbocycles. The molecule has 17 heavy (non-hydrogen) atoms. The fourth-order valence-electron chi connectivity index (χ4n) is 1.51. The first-order valence-electron chi connectivity index (χ1n) is 5.46. The minimum atomic E-state index is -4.31. The van der Waals surface area contributed by atoms with Gasteiger partial charge in [-0.15, -0.1) is 0 Å². The highest BCUT2D eigenvalue weighted by Crippen LogP contribution is 2.32. The molecule has 1 N–H and O–H groups in total. The summed E-state index contributed by atoms with van der Waals surface area (Å²) < 4.78 is 43.0. The third kappa shape index (κ3) is 3.93. The van der Waals surface area contributed by atoms with E-state index in [-0.39, 0.29) is 0 Å². The van der Waals surface area contributed by atoms with E-state index in [1.54, 1.807) is 14.0 Å². The molecule has 0 saturated heterocycles. The Morgan fingerprint density at radius 1 is 1.29 bits per heavy atom. The van der Waals surface area contributed by atoms with Crippen molar-refractivity contribution in [3.05, 3.63) is 29.3 Å². The van der Waals surface area contributed by atoms with Gasteiger partial charge in [-0.3, -0.25) is 0 Å². The summed E-state index contributed by atoms with van der Waals surface area (Å²) in [4.78, 5) is 0. The van der Waals surface area contributed by atoms with Crippen LogP contribution in [-0.2, 0) is 12.6 Å². The Kier molecular flexibility index (Phi) is 4.81. The lowest BCUT2D eigenvalue weighted by atomic mass is 10.1. The molecule has 0 aliphatic heterocycles. The van der Waals surface area contributed by atoms with Crippen molar-refractivity contribution in [2.24, 2.45) is 0 Å². The average molecular weight is 247 g/mol. The molecule has 1 aromatic carbocycles. The number of alkyl halides is 3. The first-order valence-corrected chi connectivity index (χ1v) is 5.46. The molecule has 0 radical (unpaired) electrons. The Morgan fingerprint density at radius 3 is 2.53 bits per heavy atom. The molecule has 0 heterocycles. The van der Waals surface area contributed by atoms with Crippen LogP contribution >= 0.6 is 0 Å². The van der Waals surface area contributed by atoms with E-state index in [2.05, 4.69) is 5.32 Å². The summed E-state index contributed by atoms with van der Waals surface area (Å²) in [7, 11) is 1.76. The van der Waals surface area contributed by atoms with Crippen LogP contribution < -0.4 is 10.1 Å². The average Bonchev–Trinajstić information content (AvgIpc) is 2.26. The lowest BCUT2D eigenvalue weighted by Crippen LogP contribution is -2.13. The normalized spacial score (nSPS) is 11.6. The Labute approximate surface area is 98.8 Å². The van der Waals surface area contributed by atoms with Crippen LogP contribution in [0.4, 0.5) is 13.2 Å². The van der Waals surface area contributed by atoms with Crippen LogP contribution in [0, 0.1) is 0 Å². The van der Waals surface area contributed by atoms with Crippen LogP contribution in [-0.4, -0.2) is 20.2 Å². The molecular weight excluding hydrogens is 231 g/mol. The molecule has 0 aromatic heterocycles. The van der Waals surface area contributed by atoms with Crippen LogP contribution in [0.5, 0.6) is 5.75 Å². The van der Waals surface area contributed by atoms with Gasteiger partial charge in [-0.2, -0.15) is 13.2 Å². The van der Waals surface area contributed by atoms with Crippen molar-refractivity contribution < 1.29 is 17.9 Å². The van der Waals surface area contributed by atoms with E-state index in [0.29, 0.717) is 30.9 Å². The number of halogens is 3. The third-order valence-corrected chi connectivity index (χ3v) is 2.33. The summed E-state index contributed by atoms with van der Waals surface area (Å²) in [6.45, 7) is 2.86. The van der Waals surface area contributed by atoms with Gasteiger partial charge in [0, 0.05) is 0 Å². The number of hydrogen-bond donors (Lipinski definition) is 1. The van der Waals surface area contributed by atoms with E-state index >= 15 is 0 Å². The van der Waals surface area contributed by atoms with Crippen molar-refractivity contribution in [3.8, 4) is 5.75 Å². The van der Waals surface area contributed by atoms with Crippen molar-refractivity contribution in [2.75, 3.05) is 20.2 Å². The van der Waals surface area contributed by atoms with Crippen LogP contribution in [0.1, 0.15) is 18.1 Å². The number of ether oxygens (including phenoxy) is 1. The number of nitrogens with one attached hydrogen (secondary N) is 1. The van der Waals surface area contributed by atoms with Gasteiger partial charge in [0.15, 0.2) is 0 Å². The zero-order valence-corrected chi connectivity index (χ0v) is 9.90. The molecular formula is C12H16F3NO. The number of benzene rings is 1. The lowest BCUT2D eigenvalue weighted by Gasteiger charge is -2.13. The van der Waals surface area contributed by atoms with E-state index in [0.717, 1.165) is 12.1 Å². The molecule has 0 atom stereocenters. The Hall–Kier alpha value is -1.23. The SMILES string of the molecule is CCOc1ccc(C(F)(F)F)cc1CCNC. The topological polar surface area (TPSA) is 21.3 Å². The van der Waals surface area contributed by atoms with Crippen molar-refractivity contribution in [1.82, 2.24) is 5.32 Å². The van der Waals surface area contributed by atoms with E-state index < -0.39 is 11.7 Å². The Balaban J connectivity index is 3.01. The van der Waals surface area contributed by atoms with E-state index in [1.807, 2.05) is 0 Å². The zero-order valence-electron chi connectivity index (χ0n) is 9.90.